The van der Waals surface area contributed by atoms with E-state index in [1.165, 1.54) is 11.1 Å². The summed E-state index contributed by atoms with van der Waals surface area (Å²) >= 11 is 9.48. The van der Waals surface area contributed by atoms with Crippen LogP contribution < -0.4 is 0 Å². The summed E-state index contributed by atoms with van der Waals surface area (Å²) < 4.78 is 1.14. The van der Waals surface area contributed by atoms with Crippen LogP contribution in [0.3, 0.4) is 0 Å². The van der Waals surface area contributed by atoms with E-state index in [-0.39, 0.29) is 0 Å². The van der Waals surface area contributed by atoms with Crippen LogP contribution in [0.2, 0.25) is 5.02 Å². The molecule has 15 heavy (non-hydrogen) atoms. The van der Waals surface area contributed by atoms with Gasteiger partial charge in [-0.25, -0.2) is 0 Å². The summed E-state index contributed by atoms with van der Waals surface area (Å²) in [5, 5.41) is 0.791. The molecule has 2 aromatic rings. The lowest BCUT2D eigenvalue weighted by atomic mass is 10.1. The van der Waals surface area contributed by atoms with Crippen LogP contribution in [0.15, 0.2) is 53.0 Å². The Bertz CT molecular complexity index is 466. The lowest BCUT2D eigenvalue weighted by Crippen LogP contribution is -1.88. The van der Waals surface area contributed by atoms with Gasteiger partial charge < -0.3 is 0 Å². The van der Waals surface area contributed by atoms with E-state index in [1.54, 1.807) is 0 Å². The normalized spacial score (nSPS) is 10.3. The molecule has 76 valence electrons. The van der Waals surface area contributed by atoms with E-state index in [0.29, 0.717) is 0 Å². The van der Waals surface area contributed by atoms with Crippen molar-refractivity contribution in [1.29, 1.82) is 0 Å². The van der Waals surface area contributed by atoms with E-state index in [9.17, 15) is 0 Å². The van der Waals surface area contributed by atoms with E-state index in [0.717, 1.165) is 15.9 Å². The maximum atomic E-state index is 5.94. The Morgan fingerprint density at radius 1 is 1.00 bits per heavy atom. The SMILES string of the molecule is Clc1cccc(Cc2ccccc2Br)c1. The first-order chi connectivity index (χ1) is 7.25. The Morgan fingerprint density at radius 3 is 2.53 bits per heavy atom. The molecule has 0 fully saturated rings. The fourth-order valence-electron chi connectivity index (χ4n) is 1.51. The molecule has 0 amide bonds. The molecule has 0 N–H and O–H groups in total. The van der Waals surface area contributed by atoms with Gasteiger partial charge in [0.2, 0.25) is 0 Å². The van der Waals surface area contributed by atoms with Crippen LogP contribution in [0.1, 0.15) is 11.1 Å². The largest absolute Gasteiger partial charge is 0.0843 e. The third kappa shape index (κ3) is 2.83. The van der Waals surface area contributed by atoms with Crippen molar-refractivity contribution in [3.8, 4) is 0 Å². The van der Waals surface area contributed by atoms with Gasteiger partial charge in [0.25, 0.3) is 0 Å². The van der Waals surface area contributed by atoms with Gasteiger partial charge in [-0.15, -0.1) is 0 Å². The second-order valence-electron chi connectivity index (χ2n) is 3.40. The summed E-state index contributed by atoms with van der Waals surface area (Å²) in [6, 6.07) is 16.2. The van der Waals surface area contributed by atoms with Gasteiger partial charge >= 0.3 is 0 Å². The minimum Gasteiger partial charge on any atom is -0.0843 e. The van der Waals surface area contributed by atoms with Gasteiger partial charge in [0.1, 0.15) is 0 Å². The minimum absolute atomic E-state index is 0.791. The van der Waals surface area contributed by atoms with Gasteiger partial charge in [-0.2, -0.15) is 0 Å². The van der Waals surface area contributed by atoms with Crippen LogP contribution in [0.25, 0.3) is 0 Å². The van der Waals surface area contributed by atoms with Gasteiger partial charge in [-0.1, -0.05) is 57.9 Å². The van der Waals surface area contributed by atoms with E-state index in [4.69, 9.17) is 11.6 Å². The topological polar surface area (TPSA) is 0 Å². The monoisotopic (exact) mass is 280 g/mol. The molecular formula is C13H10BrCl. The minimum atomic E-state index is 0.791. The van der Waals surface area contributed by atoms with Gasteiger partial charge in [0.15, 0.2) is 0 Å². The van der Waals surface area contributed by atoms with Crippen LogP contribution in [-0.4, -0.2) is 0 Å². The highest BCUT2D eigenvalue weighted by atomic mass is 79.9. The van der Waals surface area contributed by atoms with Crippen molar-refractivity contribution in [3.05, 3.63) is 69.2 Å². The van der Waals surface area contributed by atoms with E-state index < -0.39 is 0 Å². The van der Waals surface area contributed by atoms with Gasteiger partial charge in [0, 0.05) is 9.50 Å². The summed E-state index contributed by atoms with van der Waals surface area (Å²) in [4.78, 5) is 0. The summed E-state index contributed by atoms with van der Waals surface area (Å²) in [6.07, 6.45) is 0.905. The summed E-state index contributed by atoms with van der Waals surface area (Å²) in [5.41, 5.74) is 2.51. The molecule has 0 saturated heterocycles. The highest BCUT2D eigenvalue weighted by molar-refractivity contribution is 9.10. The molecule has 0 spiro atoms. The zero-order chi connectivity index (χ0) is 10.7. The molecule has 0 unspecified atom stereocenters. The van der Waals surface area contributed by atoms with E-state index in [1.807, 2.05) is 30.3 Å². The first kappa shape index (κ1) is 10.7. The average Bonchev–Trinajstić information content (AvgIpc) is 2.22. The smallest absolute Gasteiger partial charge is 0.0408 e. The second kappa shape index (κ2) is 4.82. The van der Waals surface area contributed by atoms with Crippen LogP contribution in [0.5, 0.6) is 0 Å². The van der Waals surface area contributed by atoms with Crippen molar-refractivity contribution in [2.45, 2.75) is 6.42 Å². The molecule has 0 aliphatic rings. The Labute approximate surface area is 103 Å². The zero-order valence-electron chi connectivity index (χ0n) is 8.08. The van der Waals surface area contributed by atoms with Crippen molar-refractivity contribution in [2.24, 2.45) is 0 Å². The van der Waals surface area contributed by atoms with Gasteiger partial charge in [0.05, 0.1) is 0 Å². The maximum absolute atomic E-state index is 5.94. The predicted molar refractivity (Wildman–Crippen MR) is 68.4 cm³/mol. The van der Waals surface area contributed by atoms with Crippen LogP contribution in [0.4, 0.5) is 0 Å². The lowest BCUT2D eigenvalue weighted by molar-refractivity contribution is 1.18. The molecule has 0 saturated carbocycles. The van der Waals surface area contributed by atoms with Crippen molar-refractivity contribution >= 4 is 27.5 Å². The third-order valence-electron chi connectivity index (χ3n) is 2.24. The molecule has 0 heterocycles. The molecule has 0 aliphatic carbocycles. The standard InChI is InChI=1S/C13H10BrCl/c14-13-7-2-1-5-11(13)8-10-4-3-6-12(15)9-10/h1-7,9H,8H2. The van der Waals surface area contributed by atoms with Crippen LogP contribution >= 0.6 is 27.5 Å². The molecule has 2 rings (SSSR count). The molecule has 0 radical (unpaired) electrons. The third-order valence-corrected chi connectivity index (χ3v) is 3.25. The fourth-order valence-corrected chi connectivity index (χ4v) is 2.15. The molecular weight excluding hydrogens is 271 g/mol. The lowest BCUT2D eigenvalue weighted by Gasteiger charge is -2.04. The second-order valence-corrected chi connectivity index (χ2v) is 4.69. The quantitative estimate of drug-likeness (QED) is 0.749. The first-order valence-corrected chi connectivity index (χ1v) is 5.90. The number of rotatable bonds is 2. The fraction of sp³-hybridized carbons (Fsp3) is 0.0769. The Hall–Kier alpha value is -0.790. The molecule has 0 atom stereocenters. The summed E-state index contributed by atoms with van der Waals surface area (Å²) in [6.45, 7) is 0. The maximum Gasteiger partial charge on any atom is 0.0408 e. The highest BCUT2D eigenvalue weighted by Crippen LogP contribution is 2.20. The zero-order valence-corrected chi connectivity index (χ0v) is 10.4. The Morgan fingerprint density at radius 2 is 1.80 bits per heavy atom. The van der Waals surface area contributed by atoms with Gasteiger partial charge in [-0.3, -0.25) is 0 Å². The number of benzene rings is 2. The molecule has 2 aromatic carbocycles. The molecule has 0 aliphatic heterocycles. The van der Waals surface area contributed by atoms with Crippen molar-refractivity contribution in [3.63, 3.8) is 0 Å². The molecule has 0 nitrogen and oxygen atoms in total. The van der Waals surface area contributed by atoms with E-state index >= 15 is 0 Å². The highest BCUT2D eigenvalue weighted by Gasteiger charge is 2.00. The predicted octanol–water partition coefficient (Wildman–Crippen LogP) is 4.69. The van der Waals surface area contributed by atoms with Crippen molar-refractivity contribution < 1.29 is 0 Å². The van der Waals surface area contributed by atoms with Crippen molar-refractivity contribution in [1.82, 2.24) is 0 Å². The Kier molecular flexibility index (Phi) is 3.45. The summed E-state index contributed by atoms with van der Waals surface area (Å²) in [5.74, 6) is 0. The Balaban J connectivity index is 2.26. The average molecular weight is 282 g/mol. The number of halogens is 2. The number of hydrogen-bond acceptors (Lipinski definition) is 0. The molecule has 2 heteroatoms. The van der Waals surface area contributed by atoms with Gasteiger partial charge in [-0.05, 0) is 35.7 Å². The number of hydrogen-bond donors (Lipinski definition) is 0. The summed E-state index contributed by atoms with van der Waals surface area (Å²) in [7, 11) is 0. The first-order valence-electron chi connectivity index (χ1n) is 4.73. The van der Waals surface area contributed by atoms with E-state index in [2.05, 4.69) is 34.1 Å². The van der Waals surface area contributed by atoms with Crippen LogP contribution in [0, 0.1) is 0 Å². The van der Waals surface area contributed by atoms with Crippen molar-refractivity contribution in [2.75, 3.05) is 0 Å². The molecule has 0 bridgehead atoms. The van der Waals surface area contributed by atoms with Crippen LogP contribution in [-0.2, 0) is 6.42 Å². The molecule has 0 aromatic heterocycles.